The molecule has 11 nitrogen and oxygen atoms in total. The number of hydrogen-bond acceptors (Lipinski definition) is 7. The average molecular weight is 613 g/mol. The third-order valence-electron chi connectivity index (χ3n) is 6.53. The number of carbonyl (C=O) groups excluding carboxylic acids is 2. The summed E-state index contributed by atoms with van der Waals surface area (Å²) in [5.74, 6) is -0.663. The number of aromatic nitrogens is 1. The topological polar surface area (TPSA) is 160 Å². The fourth-order valence-corrected chi connectivity index (χ4v) is 5.85. The van der Waals surface area contributed by atoms with Gasteiger partial charge in [0.25, 0.3) is 21.6 Å². The van der Waals surface area contributed by atoms with Crippen LogP contribution in [0.1, 0.15) is 40.0 Å². The number of halogens is 1. The zero-order valence-electron chi connectivity index (χ0n) is 22.9. The molecule has 13 heteroatoms. The Hall–Kier alpha value is -4.42. The van der Waals surface area contributed by atoms with Crippen molar-refractivity contribution in [1.29, 1.82) is 0 Å². The molecule has 0 bridgehead atoms. The van der Waals surface area contributed by atoms with E-state index in [-0.39, 0.29) is 13.0 Å². The van der Waals surface area contributed by atoms with Crippen LogP contribution in [0.3, 0.4) is 0 Å². The monoisotopic (exact) mass is 612 g/mol. The lowest BCUT2D eigenvalue weighted by Crippen LogP contribution is -2.34. The van der Waals surface area contributed by atoms with Crippen molar-refractivity contribution in [3.8, 4) is 5.75 Å². The first kappa shape index (κ1) is 30.5. The lowest BCUT2D eigenvalue weighted by molar-refractivity contribution is -0.387. The minimum absolute atomic E-state index is 0.162. The minimum Gasteiger partial charge on any atom is -0.494 e. The normalized spacial score (nSPS) is 11.3. The van der Waals surface area contributed by atoms with Crippen LogP contribution in [0, 0.1) is 24.0 Å². The molecule has 0 fully saturated rings. The number of benzene rings is 3. The second kappa shape index (κ2) is 13.0. The molecule has 3 N–H and O–H groups in total. The summed E-state index contributed by atoms with van der Waals surface area (Å²) < 4.78 is 32.8. The van der Waals surface area contributed by atoms with Gasteiger partial charge in [0.05, 0.1) is 11.5 Å². The maximum Gasteiger partial charge on any atom is 0.289 e. The molecule has 1 aromatic heterocycles. The Labute approximate surface area is 247 Å². The molecule has 0 aliphatic carbocycles. The number of fused-ring (bicyclic) bond motifs is 1. The summed E-state index contributed by atoms with van der Waals surface area (Å²) in [4.78, 5) is 38.3. The molecule has 0 atom stereocenters. The molecule has 3 aromatic carbocycles. The van der Waals surface area contributed by atoms with Gasteiger partial charge < -0.3 is 15.0 Å². The number of nitrogens with zero attached hydrogens (tertiary/aromatic N) is 1. The number of H-pyrrole nitrogens is 1. The van der Waals surface area contributed by atoms with E-state index in [1.807, 2.05) is 55.0 Å². The zero-order valence-corrected chi connectivity index (χ0v) is 24.5. The summed E-state index contributed by atoms with van der Waals surface area (Å²) in [6, 6.07) is 15.9. The van der Waals surface area contributed by atoms with Crippen LogP contribution in [0.15, 0.2) is 65.6 Å². The fourth-order valence-electron chi connectivity index (χ4n) is 4.55. The molecule has 0 aliphatic rings. The number of hydrogen-bond donors (Lipinski definition) is 3. The number of amides is 2. The van der Waals surface area contributed by atoms with Crippen molar-refractivity contribution in [1.82, 2.24) is 15.0 Å². The number of rotatable bonds is 12. The van der Waals surface area contributed by atoms with Gasteiger partial charge in [-0.05, 0) is 67.6 Å². The van der Waals surface area contributed by atoms with Crippen molar-refractivity contribution in [3.63, 3.8) is 0 Å². The van der Waals surface area contributed by atoms with Gasteiger partial charge in [-0.25, -0.2) is 13.1 Å². The molecule has 42 heavy (non-hydrogen) atoms. The number of nitrogens with one attached hydrogen (secondary N) is 3. The van der Waals surface area contributed by atoms with Crippen LogP contribution in [0.2, 0.25) is 5.02 Å². The lowest BCUT2D eigenvalue weighted by Gasteiger charge is -2.11. The highest BCUT2D eigenvalue weighted by atomic mass is 35.5. The quantitative estimate of drug-likeness (QED) is 0.115. The van der Waals surface area contributed by atoms with Gasteiger partial charge in [-0.2, -0.15) is 0 Å². The first-order valence-corrected chi connectivity index (χ1v) is 14.9. The molecule has 2 amide bonds. The number of carbonyl (C=O) groups is 2. The van der Waals surface area contributed by atoms with Gasteiger partial charge >= 0.3 is 0 Å². The van der Waals surface area contributed by atoms with Gasteiger partial charge in [0.2, 0.25) is 5.91 Å². The molecule has 4 aromatic rings. The highest BCUT2D eigenvalue weighted by Crippen LogP contribution is 2.27. The maximum absolute atomic E-state index is 13.1. The summed E-state index contributed by atoms with van der Waals surface area (Å²) in [5.41, 5.74) is 3.10. The SMILES string of the molecule is Cc1cc(OCCCc2c(C(=O)NCCC(=O)NS(=O)(=O)c3ccccc3[N+](=O)[O-])[nH]c3ccccc23)cc(C)c1Cl. The van der Waals surface area contributed by atoms with E-state index in [0.29, 0.717) is 35.9 Å². The number of para-hydroxylation sites is 2. The Morgan fingerprint density at radius 2 is 1.71 bits per heavy atom. The zero-order chi connectivity index (χ0) is 30.4. The predicted molar refractivity (Wildman–Crippen MR) is 158 cm³/mol. The molecular formula is C29H29ClN4O7S. The minimum atomic E-state index is -4.48. The number of aryl methyl sites for hydroxylation is 3. The molecule has 0 radical (unpaired) electrons. The van der Waals surface area contributed by atoms with E-state index in [1.165, 1.54) is 12.1 Å². The van der Waals surface area contributed by atoms with Gasteiger partial charge in [-0.1, -0.05) is 41.9 Å². The average Bonchev–Trinajstić information content (AvgIpc) is 3.32. The molecule has 220 valence electrons. The third kappa shape index (κ3) is 7.07. The predicted octanol–water partition coefficient (Wildman–Crippen LogP) is 4.98. The molecule has 1 heterocycles. The summed E-state index contributed by atoms with van der Waals surface area (Å²) in [6.07, 6.45) is 0.788. The Bertz CT molecular complexity index is 1750. The molecule has 4 rings (SSSR count). The van der Waals surface area contributed by atoms with Crippen molar-refractivity contribution in [2.45, 2.75) is 38.0 Å². The Morgan fingerprint density at radius 1 is 1.05 bits per heavy atom. The van der Waals surface area contributed by atoms with Gasteiger partial charge in [-0.15, -0.1) is 0 Å². The van der Waals surface area contributed by atoms with Crippen LogP contribution >= 0.6 is 11.6 Å². The van der Waals surface area contributed by atoms with Gasteiger partial charge in [0.1, 0.15) is 11.4 Å². The fraction of sp³-hybridized carbons (Fsp3) is 0.241. The molecular weight excluding hydrogens is 584 g/mol. The summed E-state index contributed by atoms with van der Waals surface area (Å²) in [7, 11) is -4.48. The van der Waals surface area contributed by atoms with Gasteiger partial charge in [-0.3, -0.25) is 19.7 Å². The Morgan fingerprint density at radius 3 is 2.43 bits per heavy atom. The van der Waals surface area contributed by atoms with Crippen LogP contribution in [-0.4, -0.2) is 43.3 Å². The lowest BCUT2D eigenvalue weighted by atomic mass is 10.1. The second-order valence-corrected chi connectivity index (χ2v) is 11.6. The molecule has 0 saturated carbocycles. The Kier molecular flexibility index (Phi) is 9.48. The first-order valence-electron chi connectivity index (χ1n) is 13.0. The third-order valence-corrected chi connectivity index (χ3v) is 8.54. The van der Waals surface area contributed by atoms with Crippen molar-refractivity contribution in [2.24, 2.45) is 0 Å². The van der Waals surface area contributed by atoms with Crippen LogP contribution < -0.4 is 14.8 Å². The number of aromatic amines is 1. The van der Waals surface area contributed by atoms with Crippen LogP contribution in [-0.2, 0) is 21.2 Å². The highest BCUT2D eigenvalue weighted by molar-refractivity contribution is 7.90. The van der Waals surface area contributed by atoms with E-state index in [2.05, 4.69) is 10.3 Å². The van der Waals surface area contributed by atoms with Crippen LogP contribution in [0.4, 0.5) is 5.69 Å². The number of ether oxygens (including phenoxy) is 1. The largest absolute Gasteiger partial charge is 0.494 e. The summed E-state index contributed by atoms with van der Waals surface area (Å²) >= 11 is 6.24. The highest BCUT2D eigenvalue weighted by Gasteiger charge is 2.27. The maximum atomic E-state index is 13.1. The van der Waals surface area contributed by atoms with Crippen molar-refractivity contribution < 1.29 is 27.7 Å². The van der Waals surface area contributed by atoms with Gasteiger partial charge in [0.15, 0.2) is 4.90 Å². The van der Waals surface area contributed by atoms with Crippen LogP contribution in [0.25, 0.3) is 10.9 Å². The second-order valence-electron chi connectivity index (χ2n) is 9.61. The first-order chi connectivity index (χ1) is 20.0. The number of nitro benzene ring substituents is 1. The van der Waals surface area contributed by atoms with E-state index in [0.717, 1.165) is 39.7 Å². The van der Waals surface area contributed by atoms with Gasteiger partial charge in [0, 0.05) is 35.0 Å². The van der Waals surface area contributed by atoms with E-state index < -0.39 is 37.3 Å². The summed E-state index contributed by atoms with van der Waals surface area (Å²) in [5, 5.41) is 15.4. The smallest absolute Gasteiger partial charge is 0.289 e. The number of sulfonamides is 1. The molecule has 0 aliphatic heterocycles. The van der Waals surface area contributed by atoms with Crippen LogP contribution in [0.5, 0.6) is 5.75 Å². The van der Waals surface area contributed by atoms with E-state index >= 15 is 0 Å². The van der Waals surface area contributed by atoms with Crippen molar-refractivity contribution >= 4 is 50.0 Å². The standard InChI is InChI=1S/C29H29ClN4O7S/c1-18-16-20(17-19(2)27(18)30)41-15-7-9-22-21-8-3-4-10-23(21)32-28(22)29(36)31-14-13-26(35)33-42(39,40)25-12-6-5-11-24(25)34(37)38/h3-6,8,10-12,16-17,32H,7,9,13-15H2,1-2H3,(H,31,36)(H,33,35). The molecule has 0 saturated heterocycles. The summed E-state index contributed by atoms with van der Waals surface area (Å²) in [6.45, 7) is 4.08. The molecule has 0 spiro atoms. The van der Waals surface area contributed by atoms with E-state index in [9.17, 15) is 28.1 Å². The molecule has 0 unspecified atom stereocenters. The van der Waals surface area contributed by atoms with E-state index in [1.54, 1.807) is 0 Å². The van der Waals surface area contributed by atoms with Crippen molar-refractivity contribution in [3.05, 3.63) is 98.2 Å². The Balaban J connectivity index is 1.37. The number of nitro groups is 1. The van der Waals surface area contributed by atoms with Crippen molar-refractivity contribution in [2.75, 3.05) is 13.2 Å². The van der Waals surface area contributed by atoms with E-state index in [4.69, 9.17) is 16.3 Å².